The number of amides is 4. The van der Waals surface area contributed by atoms with Crippen LogP contribution in [-0.2, 0) is 32.2 Å². The van der Waals surface area contributed by atoms with E-state index < -0.39 is 35.5 Å². The monoisotopic (exact) mass is 1110 g/mol. The van der Waals surface area contributed by atoms with Gasteiger partial charge in [0, 0.05) is 39.3 Å². The highest BCUT2D eigenvalue weighted by atomic mass is 79.9. The second kappa shape index (κ2) is 23.1. The second-order valence-electron chi connectivity index (χ2n) is 20.0. The van der Waals surface area contributed by atoms with Crippen molar-refractivity contribution in [2.24, 2.45) is 11.8 Å². The number of nitrogens with zero attached hydrogens (tertiary/aromatic N) is 11. The van der Waals surface area contributed by atoms with Gasteiger partial charge in [0.1, 0.15) is 35.9 Å². The number of nitrogens with one attached hydrogen (secondary N) is 2. The van der Waals surface area contributed by atoms with Gasteiger partial charge in [0.05, 0.1) is 15.2 Å². The zero-order valence-electron chi connectivity index (χ0n) is 41.8. The van der Waals surface area contributed by atoms with Crippen LogP contribution in [0.25, 0.3) is 32.5 Å². The van der Waals surface area contributed by atoms with Gasteiger partial charge in [-0.1, -0.05) is 17.7 Å². The zero-order valence-corrected chi connectivity index (χ0v) is 45.8. The Morgan fingerprint density at radius 3 is 1.71 bits per heavy atom. The number of alkyl carbamates (subject to hydrolysis) is 2. The van der Waals surface area contributed by atoms with Crippen LogP contribution in [0.3, 0.4) is 0 Å². The molecule has 6 N–H and O–H groups in total. The van der Waals surface area contributed by atoms with Crippen molar-refractivity contribution in [1.82, 2.24) is 64.5 Å². The Balaban J connectivity index is 0.000000220. The molecule has 0 aliphatic carbocycles. The molecule has 388 valence electrons. The van der Waals surface area contributed by atoms with E-state index in [0.29, 0.717) is 88.3 Å². The van der Waals surface area contributed by atoms with Crippen molar-refractivity contribution in [2.45, 2.75) is 140 Å². The summed E-state index contributed by atoms with van der Waals surface area (Å²) in [6.07, 6.45) is 7.12. The summed E-state index contributed by atoms with van der Waals surface area (Å²) in [5.74, 6) is 1.43. The summed E-state index contributed by atoms with van der Waals surface area (Å²) in [5.41, 5.74) is 14.2. The lowest BCUT2D eigenvalue weighted by Gasteiger charge is -2.34. The second-order valence-corrected chi connectivity index (χ2v) is 23.3. The van der Waals surface area contributed by atoms with E-state index >= 15 is 0 Å². The van der Waals surface area contributed by atoms with Gasteiger partial charge in [-0.15, -0.1) is 11.3 Å². The quantitative estimate of drug-likeness (QED) is 0.0843. The Morgan fingerprint density at radius 1 is 0.750 bits per heavy atom. The van der Waals surface area contributed by atoms with Crippen molar-refractivity contribution in [1.29, 1.82) is 0 Å². The van der Waals surface area contributed by atoms with E-state index in [1.165, 1.54) is 35.8 Å². The number of thiazole rings is 1. The standard InChI is InChI=1S/C27H33ClN8O3S2.C20H30BrN7O3/c1-15(32-25(38)39-27(2,3)4)23(37)35-11-8-16(9-12-35)10-13-36-22-19(21(29)30-14-31-22)34-24(36)41-26-33-18-7-5-6-17(28)20(18)40-26;1-12(25-19(30)31-20(2,3)4)17(29)27-8-5-13(6-9-27)7-10-28-16-14(26-18(28)21)15(22)23-11-24-16/h5-7,14-16H,8-13H2,1-4H3,(H,32,38)(H2,29,30,31);11-13H,5-10H2,1-4H3,(H,25,30)(H2,22,23,24)/t15-;12-/m00/s1. The lowest BCUT2D eigenvalue weighted by Crippen LogP contribution is -2.50. The van der Waals surface area contributed by atoms with Crippen molar-refractivity contribution < 1.29 is 28.7 Å². The molecule has 0 radical (unpaired) electrons. The van der Waals surface area contributed by atoms with Crippen LogP contribution in [0.4, 0.5) is 21.2 Å². The number of aryl methyl sites for hydroxylation is 2. The molecule has 2 atom stereocenters. The van der Waals surface area contributed by atoms with Crippen LogP contribution in [0.5, 0.6) is 0 Å². The third-order valence-corrected chi connectivity index (χ3v) is 15.3. The molecule has 1 aromatic carbocycles. The predicted molar refractivity (Wildman–Crippen MR) is 281 cm³/mol. The third-order valence-electron chi connectivity index (χ3n) is 12.1. The molecule has 0 spiro atoms. The first-order valence-electron chi connectivity index (χ1n) is 23.9. The minimum atomic E-state index is -0.652. The summed E-state index contributed by atoms with van der Waals surface area (Å²) in [6.45, 7) is 18.2. The van der Waals surface area contributed by atoms with Crippen molar-refractivity contribution in [2.75, 3.05) is 37.6 Å². The average molecular weight is 1110 g/mol. The molecule has 25 heteroatoms. The molecule has 0 bridgehead atoms. The van der Waals surface area contributed by atoms with Gasteiger partial charge in [-0.25, -0.2) is 44.5 Å². The molecule has 5 aromatic heterocycles. The number of carbonyl (C=O) groups excluding carboxylic acids is 4. The van der Waals surface area contributed by atoms with E-state index in [0.717, 1.165) is 64.8 Å². The number of anilines is 2. The summed E-state index contributed by atoms with van der Waals surface area (Å²) >= 11 is 12.8. The normalized spacial score (nSPS) is 15.8. The number of halogens is 2. The summed E-state index contributed by atoms with van der Waals surface area (Å²) in [7, 11) is 0. The number of nitrogen functional groups attached to an aromatic ring is 2. The molecule has 0 saturated carbocycles. The molecule has 21 nitrogen and oxygen atoms in total. The number of piperidine rings is 2. The maximum absolute atomic E-state index is 12.9. The fraction of sp³-hybridized carbons (Fsp3) is 0.553. The summed E-state index contributed by atoms with van der Waals surface area (Å²) in [4.78, 5) is 84.1. The van der Waals surface area contributed by atoms with E-state index in [4.69, 9.17) is 42.5 Å². The van der Waals surface area contributed by atoms with E-state index in [1.54, 1.807) is 55.4 Å². The molecule has 0 unspecified atom stereocenters. The van der Waals surface area contributed by atoms with Crippen molar-refractivity contribution in [3.05, 3.63) is 40.6 Å². The summed E-state index contributed by atoms with van der Waals surface area (Å²) < 4.78 is 17.0. The van der Waals surface area contributed by atoms with Crippen LogP contribution < -0.4 is 22.1 Å². The Kier molecular flexibility index (Phi) is 17.4. The fourth-order valence-corrected chi connectivity index (χ4v) is 11.4. The molecule has 6 aromatic rings. The SMILES string of the molecule is C[C@H](NC(=O)OC(C)(C)C)C(=O)N1CCC(CCn2c(Br)nc3c(N)ncnc32)CC1.C[C@H](NC(=O)OC(C)(C)C)C(=O)N1CCC(CCn2c(Sc3nc4cccc(Cl)c4s3)nc3c(N)ncnc32)CC1. The topological polar surface area (TPSA) is 269 Å². The van der Waals surface area contributed by atoms with Crippen molar-refractivity contribution in [3.63, 3.8) is 0 Å². The van der Waals surface area contributed by atoms with Crippen LogP contribution in [-0.4, -0.2) is 127 Å². The Hall–Kier alpha value is -5.59. The largest absolute Gasteiger partial charge is 0.444 e. The van der Waals surface area contributed by atoms with Crippen LogP contribution in [0.1, 0.15) is 93.9 Å². The van der Waals surface area contributed by atoms with Gasteiger partial charge in [0.15, 0.2) is 48.2 Å². The highest BCUT2D eigenvalue weighted by Crippen LogP contribution is 2.39. The summed E-state index contributed by atoms with van der Waals surface area (Å²) in [6, 6.07) is 4.42. The van der Waals surface area contributed by atoms with E-state index in [2.05, 4.69) is 56.1 Å². The van der Waals surface area contributed by atoms with Gasteiger partial charge in [-0.3, -0.25) is 9.59 Å². The zero-order chi connectivity index (χ0) is 52.1. The molecule has 8 rings (SSSR count). The first-order chi connectivity index (χ1) is 34.0. The first-order valence-corrected chi connectivity index (χ1v) is 26.7. The number of carbonyl (C=O) groups is 4. The lowest BCUT2D eigenvalue weighted by molar-refractivity contribution is -0.135. The molecule has 2 aliphatic heterocycles. The molecule has 2 saturated heterocycles. The molecular weight excluding hydrogens is 1050 g/mol. The minimum absolute atomic E-state index is 0.0835. The third kappa shape index (κ3) is 13.9. The molecule has 7 heterocycles. The van der Waals surface area contributed by atoms with Gasteiger partial charge in [-0.2, -0.15) is 0 Å². The Bertz CT molecular complexity index is 2900. The van der Waals surface area contributed by atoms with E-state index in [9.17, 15) is 19.2 Å². The number of likely N-dealkylation sites (tertiary alicyclic amines) is 2. The van der Waals surface area contributed by atoms with Crippen molar-refractivity contribution >= 4 is 119 Å². The van der Waals surface area contributed by atoms with Crippen molar-refractivity contribution in [3.8, 4) is 0 Å². The molecule has 2 fully saturated rings. The van der Waals surface area contributed by atoms with Crippen LogP contribution in [0.15, 0.2) is 45.1 Å². The molecule has 72 heavy (non-hydrogen) atoms. The van der Waals surface area contributed by atoms with E-state index in [-0.39, 0.29) is 11.8 Å². The van der Waals surface area contributed by atoms with Crippen LogP contribution >= 0.6 is 50.6 Å². The van der Waals surface area contributed by atoms with Gasteiger partial charge in [-0.05, 0) is 146 Å². The first kappa shape index (κ1) is 54.2. The smallest absolute Gasteiger partial charge is 0.408 e. The number of ether oxygens (including phenoxy) is 2. The fourth-order valence-electron chi connectivity index (χ4n) is 8.50. The number of rotatable bonds is 12. The number of hydrogen-bond donors (Lipinski definition) is 4. The lowest BCUT2D eigenvalue weighted by atomic mass is 9.93. The highest BCUT2D eigenvalue weighted by Gasteiger charge is 2.31. The number of hydrogen-bond acceptors (Lipinski definition) is 17. The number of benzene rings is 1. The maximum Gasteiger partial charge on any atom is 0.408 e. The van der Waals surface area contributed by atoms with E-state index in [1.807, 2.05) is 32.6 Å². The van der Waals surface area contributed by atoms with Gasteiger partial charge >= 0.3 is 12.2 Å². The van der Waals surface area contributed by atoms with Gasteiger partial charge < -0.3 is 50.5 Å². The molecule has 2 aliphatic rings. The number of fused-ring (bicyclic) bond motifs is 3. The number of imidazole rings is 2. The average Bonchev–Trinajstić information content (AvgIpc) is 4.00. The summed E-state index contributed by atoms with van der Waals surface area (Å²) in [5, 5.41) is 6.70. The Labute approximate surface area is 439 Å². The Morgan fingerprint density at radius 2 is 1.22 bits per heavy atom. The molecular formula is C47H63BrClN15O6S2. The highest BCUT2D eigenvalue weighted by molar-refractivity contribution is 9.10. The number of aromatic nitrogens is 9. The predicted octanol–water partition coefficient (Wildman–Crippen LogP) is 8.08. The van der Waals surface area contributed by atoms with Crippen LogP contribution in [0, 0.1) is 11.8 Å². The van der Waals surface area contributed by atoms with Gasteiger partial charge in [0.25, 0.3) is 0 Å². The number of nitrogens with two attached hydrogens (primary N) is 2. The van der Waals surface area contributed by atoms with Crippen LogP contribution in [0.2, 0.25) is 5.02 Å². The molecule has 4 amide bonds. The minimum Gasteiger partial charge on any atom is -0.444 e. The maximum atomic E-state index is 12.9. The van der Waals surface area contributed by atoms with Gasteiger partial charge in [0.2, 0.25) is 11.8 Å².